The number of hydrogen-bond donors (Lipinski definition) is 5. The average molecular weight is 1130 g/mol. The van der Waals surface area contributed by atoms with Crippen LogP contribution in [0.3, 0.4) is 0 Å². The van der Waals surface area contributed by atoms with E-state index < -0.39 is 148 Å². The van der Waals surface area contributed by atoms with Crippen LogP contribution in [0.4, 0.5) is 0 Å². The lowest BCUT2D eigenvalue weighted by Gasteiger charge is -2.67. The number of carboxylic acid groups (broad SMARTS) is 1. The number of fused-ring (bicyclic) bond motifs is 5. The van der Waals surface area contributed by atoms with Gasteiger partial charge in [-0.2, -0.15) is 0 Å². The maximum Gasteiger partial charge on any atom is 0.350 e. The van der Waals surface area contributed by atoms with E-state index in [0.717, 1.165) is 19.9 Å². The summed E-state index contributed by atoms with van der Waals surface area (Å²) >= 11 is 0. The van der Waals surface area contributed by atoms with Gasteiger partial charge in [-0.25, -0.2) is 14.4 Å². The Morgan fingerprint density at radius 3 is 1.95 bits per heavy atom. The first-order chi connectivity index (χ1) is 38.8. The van der Waals surface area contributed by atoms with E-state index in [0.29, 0.717) is 0 Å². The summed E-state index contributed by atoms with van der Waals surface area (Å²) in [5.41, 5.74) is -8.59. The fourth-order valence-electron chi connectivity index (χ4n) is 12.2. The summed E-state index contributed by atoms with van der Waals surface area (Å²) < 4.78 is 36.9. The van der Waals surface area contributed by atoms with Gasteiger partial charge in [0.25, 0.3) is 11.8 Å². The molecule has 8 rings (SSSR count). The van der Waals surface area contributed by atoms with Gasteiger partial charge < -0.3 is 54.4 Å². The number of hydrogen-bond acceptors (Lipinski definition) is 18. The molecule has 2 saturated carbocycles. The lowest BCUT2D eigenvalue weighted by Crippen LogP contribution is -2.82. The van der Waals surface area contributed by atoms with E-state index in [-0.39, 0.29) is 65.0 Å². The minimum atomic E-state index is -2.54. The normalized spacial score (nSPS) is 26.7. The number of rotatable bonds is 18. The number of nitrogens with one attached hydrogen (secondary N) is 2. The number of benzene rings is 4. The summed E-state index contributed by atoms with van der Waals surface area (Å²) in [6.45, 7) is 8.66. The molecule has 82 heavy (non-hydrogen) atoms. The summed E-state index contributed by atoms with van der Waals surface area (Å²) in [6.07, 6.45) is -11.9. The Labute approximate surface area is 471 Å². The fourth-order valence-corrected chi connectivity index (χ4v) is 12.2. The minimum Gasteiger partial charge on any atom is -0.478 e. The Balaban J connectivity index is 1.21. The van der Waals surface area contributed by atoms with Crippen LogP contribution in [0.15, 0.2) is 120 Å². The van der Waals surface area contributed by atoms with E-state index >= 15 is 9.59 Å². The molecule has 4 aliphatic rings. The minimum absolute atomic E-state index is 0.00568. The number of ether oxygens (including phenoxy) is 6. The molecule has 21 nitrogen and oxygen atoms in total. The first-order valence-electron chi connectivity index (χ1n) is 26.6. The number of carboxylic acids is 1. The summed E-state index contributed by atoms with van der Waals surface area (Å²) in [5.74, 6) is -11.2. The average Bonchev–Trinajstić information content (AvgIpc) is 0.985. The lowest BCUT2D eigenvalue weighted by molar-refractivity contribution is -0.346. The highest BCUT2D eigenvalue weighted by Gasteiger charge is 2.78. The van der Waals surface area contributed by atoms with Gasteiger partial charge in [0.1, 0.15) is 30.0 Å². The number of aliphatic hydroxyl groups excluding tert-OH is 1. The van der Waals surface area contributed by atoms with Gasteiger partial charge in [-0.15, -0.1) is 0 Å². The second kappa shape index (κ2) is 23.6. The zero-order valence-corrected chi connectivity index (χ0v) is 46.1. The van der Waals surface area contributed by atoms with Crippen LogP contribution in [0.1, 0.15) is 138 Å². The molecule has 0 aromatic heterocycles. The Hall–Kier alpha value is -8.40. The van der Waals surface area contributed by atoms with E-state index in [1.807, 2.05) is 0 Å². The van der Waals surface area contributed by atoms with Crippen molar-refractivity contribution < 1.29 is 91.7 Å². The smallest absolute Gasteiger partial charge is 0.350 e. The van der Waals surface area contributed by atoms with Crippen LogP contribution in [0.25, 0.3) is 0 Å². The topological polar surface area (TPSA) is 311 Å². The predicted octanol–water partition coefficient (Wildman–Crippen LogP) is 5.40. The summed E-state index contributed by atoms with van der Waals surface area (Å²) in [6, 6.07) is 25.6. The maximum absolute atomic E-state index is 15.8. The molecule has 4 aromatic carbocycles. The summed E-state index contributed by atoms with van der Waals surface area (Å²) in [7, 11) is 0. The molecule has 4 aromatic rings. The SMILES string of the molecule is CC(=O)OC1C(=O)C2(C)[C@@H](O)C[C@H]3OC[C@@]3(OC(C)=O)[C@H]2[C@H](OC(=O)c2ccccc2)[C@]2(O)C[C@H](OC(=O)[C@H](OC(=O)CCCNC(=O)c3ccc(C(C)=O)cc3C(=O)O)[C@@H](NC(=O)c3ccccc3)c3ccccc3)C(C)=C1C2(C)C. The van der Waals surface area contributed by atoms with E-state index in [4.69, 9.17) is 28.4 Å². The van der Waals surface area contributed by atoms with Crippen molar-refractivity contribution in [2.24, 2.45) is 16.7 Å². The highest BCUT2D eigenvalue weighted by Crippen LogP contribution is 2.64. The molecule has 0 spiro atoms. The van der Waals surface area contributed by atoms with Crippen molar-refractivity contribution in [1.29, 1.82) is 0 Å². The molecule has 0 radical (unpaired) electrons. The third-order valence-corrected chi connectivity index (χ3v) is 16.5. The highest BCUT2D eigenvalue weighted by molar-refractivity contribution is 6.07. The molecule has 5 N–H and O–H groups in total. The van der Waals surface area contributed by atoms with Crippen molar-refractivity contribution in [3.63, 3.8) is 0 Å². The summed E-state index contributed by atoms with van der Waals surface area (Å²) in [5, 5.41) is 41.4. The van der Waals surface area contributed by atoms with Gasteiger partial charge in [-0.1, -0.05) is 86.6 Å². The molecule has 1 heterocycles. The fraction of sp³-hybridized carbons (Fsp3) is 0.410. The van der Waals surface area contributed by atoms with Gasteiger partial charge in [-0.3, -0.25) is 33.6 Å². The molecular weight excluding hydrogens is 1060 g/mol. The van der Waals surface area contributed by atoms with Gasteiger partial charge in [0.2, 0.25) is 6.10 Å². The van der Waals surface area contributed by atoms with Crippen molar-refractivity contribution in [2.75, 3.05) is 13.2 Å². The van der Waals surface area contributed by atoms with E-state index in [9.17, 15) is 53.7 Å². The third kappa shape index (κ3) is 11.2. The number of esters is 5. The number of carbonyl (C=O) groups is 10. The number of Topliss-reactive ketones (excluding diaryl/α,β-unsaturated/α-hetero) is 2. The molecule has 2 bridgehead atoms. The van der Waals surface area contributed by atoms with Crippen molar-refractivity contribution in [2.45, 2.75) is 128 Å². The number of aromatic carboxylic acids is 1. The molecular formula is C61H64N2O19. The van der Waals surface area contributed by atoms with Crippen molar-refractivity contribution >= 4 is 59.2 Å². The van der Waals surface area contributed by atoms with Crippen LogP contribution < -0.4 is 10.6 Å². The molecule has 1 aliphatic heterocycles. The third-order valence-electron chi connectivity index (χ3n) is 16.5. The highest BCUT2D eigenvalue weighted by atomic mass is 16.6. The van der Waals surface area contributed by atoms with E-state index in [2.05, 4.69) is 10.6 Å². The van der Waals surface area contributed by atoms with Gasteiger partial charge in [0, 0.05) is 56.2 Å². The van der Waals surface area contributed by atoms with Crippen LogP contribution in [0, 0.1) is 16.7 Å². The zero-order valence-electron chi connectivity index (χ0n) is 46.1. The largest absolute Gasteiger partial charge is 0.478 e. The number of amides is 2. The van der Waals surface area contributed by atoms with Crippen LogP contribution in [0.2, 0.25) is 0 Å². The van der Waals surface area contributed by atoms with Crippen LogP contribution >= 0.6 is 0 Å². The van der Waals surface area contributed by atoms with Gasteiger partial charge in [0.15, 0.2) is 23.3 Å². The van der Waals surface area contributed by atoms with E-state index in [1.165, 1.54) is 71.0 Å². The van der Waals surface area contributed by atoms with Crippen molar-refractivity contribution in [3.8, 4) is 0 Å². The van der Waals surface area contributed by atoms with E-state index in [1.54, 1.807) is 66.7 Å². The molecule has 432 valence electrons. The zero-order chi connectivity index (χ0) is 59.6. The summed E-state index contributed by atoms with van der Waals surface area (Å²) in [4.78, 5) is 138. The standard InChI is InChI=1S/C61H64N2O19/c1-32-42(30-61(76)52(81-56(74)38-22-15-10-16-23-38)50-59(7,43(67)29-44-60(50,31-77-44)82-35(4)66)51(69)48(78-34(3)65)46(32)58(61,5)6)79-57(75)49(47(36-18-11-8-12-19-36)63-53(70)37-20-13-9-14-21-37)80-45(68)24-17-27-62-54(71)40-26-25-39(33(2)64)28-41(40)55(72)73/h8-16,18-23,25-26,28,42-44,47-50,52,67,76H,17,24,27,29-31H2,1-7H3,(H,62,71)(H,63,70)(H,72,73)/t42-,43-,44+,47-,48?,49+,50-,52-,59?,60-,61+/m0/s1. The van der Waals surface area contributed by atoms with Crippen molar-refractivity contribution in [3.05, 3.63) is 154 Å². The number of ketones is 2. The van der Waals surface area contributed by atoms with Crippen LogP contribution in [-0.2, 0) is 52.4 Å². The quantitative estimate of drug-likeness (QED) is 0.0274. The molecule has 3 aliphatic carbocycles. The van der Waals surface area contributed by atoms with Crippen LogP contribution in [-0.4, -0.2) is 135 Å². The molecule has 21 heteroatoms. The van der Waals surface area contributed by atoms with Crippen molar-refractivity contribution in [1.82, 2.24) is 10.6 Å². The number of aliphatic hydroxyl groups is 2. The first kappa shape index (κ1) is 59.7. The van der Waals surface area contributed by atoms with Gasteiger partial charge in [0.05, 0.1) is 40.7 Å². The molecule has 3 fully saturated rings. The Morgan fingerprint density at radius 1 is 0.756 bits per heavy atom. The van der Waals surface area contributed by atoms with Gasteiger partial charge >= 0.3 is 35.8 Å². The predicted molar refractivity (Wildman–Crippen MR) is 287 cm³/mol. The molecule has 1 saturated heterocycles. The Kier molecular flexibility index (Phi) is 17.2. The van der Waals surface area contributed by atoms with Gasteiger partial charge in [-0.05, 0) is 80.3 Å². The maximum atomic E-state index is 15.8. The second-order valence-electron chi connectivity index (χ2n) is 21.8. The lowest BCUT2D eigenvalue weighted by atomic mass is 9.44. The first-order valence-corrected chi connectivity index (χ1v) is 26.6. The Bertz CT molecular complexity index is 3230. The second-order valence-corrected chi connectivity index (χ2v) is 21.8. The molecule has 11 atom stereocenters. The van der Waals surface area contributed by atoms with Crippen LogP contribution in [0.5, 0.6) is 0 Å². The molecule has 2 unspecified atom stereocenters. The monoisotopic (exact) mass is 1130 g/mol. The Morgan fingerprint density at radius 2 is 1.38 bits per heavy atom. The number of carbonyl (C=O) groups excluding carboxylic acids is 9. The molecule has 2 amide bonds.